The molecule has 0 N–H and O–H groups in total. The molecule has 5 heteroatoms. The van der Waals surface area contributed by atoms with Crippen LogP contribution in [-0.4, -0.2) is 44.3 Å². The van der Waals surface area contributed by atoms with Crippen molar-refractivity contribution in [1.29, 1.82) is 0 Å². The fourth-order valence-corrected chi connectivity index (χ4v) is 1.14. The third kappa shape index (κ3) is 7.49. The highest BCUT2D eigenvalue weighted by molar-refractivity contribution is 5.85. The van der Waals surface area contributed by atoms with E-state index < -0.39 is 0 Å². The minimum Gasteiger partial charge on any atom is -0.857 e. The number of halogens is 1. The molecule has 17 heavy (non-hydrogen) atoms. The van der Waals surface area contributed by atoms with Crippen LogP contribution in [0.2, 0.25) is 0 Å². The normalized spacial score (nSPS) is 12.5. The molecule has 0 fully saturated rings. The molecule has 0 saturated heterocycles. The molecule has 4 nitrogen and oxygen atoms in total. The Morgan fingerprint density at radius 1 is 1.24 bits per heavy atom. The van der Waals surface area contributed by atoms with Crippen LogP contribution in [0.3, 0.4) is 0 Å². The van der Waals surface area contributed by atoms with Crippen LogP contribution in [0.15, 0.2) is 40.5 Å². The van der Waals surface area contributed by atoms with Crippen molar-refractivity contribution >= 4 is 24.5 Å². The van der Waals surface area contributed by atoms with Crippen molar-refractivity contribution in [3.8, 4) is 0 Å². The van der Waals surface area contributed by atoms with Crippen molar-refractivity contribution < 1.29 is 9.59 Å². The Bertz CT molecular complexity index is 382. The van der Waals surface area contributed by atoms with Gasteiger partial charge in [-0.2, -0.15) is 10.2 Å². The van der Waals surface area contributed by atoms with E-state index in [0.29, 0.717) is 11.0 Å². The highest BCUT2D eigenvalue weighted by Crippen LogP contribution is 1.94. The van der Waals surface area contributed by atoms with Gasteiger partial charge in [0.2, 0.25) is 0 Å². The number of hydrogen-bond donors (Lipinski definition) is 0. The number of hydrogen-bond acceptors (Lipinski definition) is 3. The molecule has 0 aromatic heterocycles. The second kappa shape index (κ2) is 7.04. The summed E-state index contributed by atoms with van der Waals surface area (Å²) in [5.41, 5.74) is 0.935. The summed E-state index contributed by atoms with van der Waals surface area (Å²) in [7, 11) is 5.82. The van der Waals surface area contributed by atoms with Crippen LogP contribution >= 0.6 is 12.4 Å². The molecule has 0 radical (unpaired) electrons. The van der Waals surface area contributed by atoms with Crippen molar-refractivity contribution in [3.63, 3.8) is 0 Å². The molecule has 94 valence electrons. The Morgan fingerprint density at radius 2 is 1.82 bits per heavy atom. The van der Waals surface area contributed by atoms with E-state index in [1.165, 1.54) is 0 Å². The van der Waals surface area contributed by atoms with Gasteiger partial charge in [0.25, 0.3) is 0 Å². The lowest BCUT2D eigenvalue weighted by Gasteiger charge is -2.25. The highest BCUT2D eigenvalue weighted by Gasteiger charge is 2.04. The first-order valence-corrected chi connectivity index (χ1v) is 5.10. The molecule has 1 aromatic rings. The van der Waals surface area contributed by atoms with Gasteiger partial charge >= 0.3 is 0 Å². The van der Waals surface area contributed by atoms with Gasteiger partial charge in [0.05, 0.1) is 27.4 Å². The van der Waals surface area contributed by atoms with Gasteiger partial charge in [-0.15, -0.1) is 12.4 Å². The van der Waals surface area contributed by atoms with E-state index in [1.54, 1.807) is 6.21 Å². The summed E-state index contributed by atoms with van der Waals surface area (Å²) < 4.78 is 0.559. The zero-order valence-corrected chi connectivity index (χ0v) is 11.1. The van der Waals surface area contributed by atoms with Crippen molar-refractivity contribution in [2.75, 3.05) is 27.7 Å². The summed E-state index contributed by atoms with van der Waals surface area (Å²) in [6, 6.07) is 9.56. The van der Waals surface area contributed by atoms with E-state index in [0.717, 1.165) is 5.56 Å². The minimum atomic E-state index is -0.209. The van der Waals surface area contributed by atoms with Gasteiger partial charge in [0.1, 0.15) is 6.54 Å². The molecule has 0 bridgehead atoms. The lowest BCUT2D eigenvalue weighted by Crippen LogP contribution is -2.43. The molecule has 0 heterocycles. The van der Waals surface area contributed by atoms with Crippen LogP contribution < -0.4 is 5.11 Å². The largest absolute Gasteiger partial charge is 0.857 e. The lowest BCUT2D eigenvalue weighted by molar-refractivity contribution is -0.863. The monoisotopic (exact) mass is 255 g/mol. The van der Waals surface area contributed by atoms with Crippen LogP contribution in [0, 0.1) is 0 Å². The fraction of sp³-hybridized carbons (Fsp3) is 0.333. The first-order valence-electron chi connectivity index (χ1n) is 5.10. The predicted molar refractivity (Wildman–Crippen MR) is 71.6 cm³/mol. The first kappa shape index (κ1) is 15.6. The molecule has 0 atom stereocenters. The van der Waals surface area contributed by atoms with E-state index in [1.807, 2.05) is 51.5 Å². The number of likely N-dealkylation sites (N-methyl/N-ethyl adjacent to an activating group) is 1. The minimum absolute atomic E-state index is 0. The number of quaternary nitrogens is 1. The standard InChI is InChI=1S/C12H17N3O.ClH/c1-15(2,3)10-12(16)14-13-9-11-7-5-4-6-8-11;/h4-9H,10H2,1-3H3;1H. The zero-order chi connectivity index (χ0) is 12.0. The molecule has 1 aromatic carbocycles. The summed E-state index contributed by atoms with van der Waals surface area (Å²) in [5.74, 6) is -0.209. The molecule has 0 unspecified atom stereocenters. The average molecular weight is 256 g/mol. The molecular formula is C12H18ClN3O. The SMILES string of the molecule is C[N+](C)(C)CC([O-])=NN=Cc1ccccc1.Cl. The van der Waals surface area contributed by atoms with Gasteiger partial charge in [-0.1, -0.05) is 30.3 Å². The Balaban J connectivity index is 0.00000256. The molecule has 0 aliphatic rings. The van der Waals surface area contributed by atoms with Crippen molar-refractivity contribution in [2.24, 2.45) is 10.2 Å². The van der Waals surface area contributed by atoms with Gasteiger partial charge < -0.3 is 9.59 Å². The summed E-state index contributed by atoms with van der Waals surface area (Å²) in [6.07, 6.45) is 1.58. The molecular weight excluding hydrogens is 238 g/mol. The molecule has 0 aliphatic heterocycles. The van der Waals surface area contributed by atoms with Crippen LogP contribution in [-0.2, 0) is 0 Å². The zero-order valence-electron chi connectivity index (χ0n) is 10.3. The maximum absolute atomic E-state index is 11.4. The number of benzene rings is 1. The molecule has 0 spiro atoms. The van der Waals surface area contributed by atoms with E-state index in [-0.39, 0.29) is 18.3 Å². The second-order valence-electron chi connectivity index (χ2n) is 4.60. The van der Waals surface area contributed by atoms with Crippen molar-refractivity contribution in [2.45, 2.75) is 0 Å². The Kier molecular flexibility index (Phi) is 6.46. The van der Waals surface area contributed by atoms with Crippen LogP contribution in [0.25, 0.3) is 0 Å². The fourth-order valence-electron chi connectivity index (χ4n) is 1.14. The molecule has 1 rings (SSSR count). The third-order valence-corrected chi connectivity index (χ3v) is 1.79. The van der Waals surface area contributed by atoms with Crippen LogP contribution in [0.1, 0.15) is 5.56 Å². The summed E-state index contributed by atoms with van der Waals surface area (Å²) in [4.78, 5) is 0. The van der Waals surface area contributed by atoms with Crippen molar-refractivity contribution in [1.82, 2.24) is 0 Å². The molecule has 0 aliphatic carbocycles. The highest BCUT2D eigenvalue weighted by atomic mass is 35.5. The Hall–Kier alpha value is -1.39. The molecule has 0 amide bonds. The summed E-state index contributed by atoms with van der Waals surface area (Å²) in [5, 5.41) is 18.7. The smallest absolute Gasteiger partial charge is 0.109 e. The maximum atomic E-state index is 11.4. The van der Waals surface area contributed by atoms with Crippen LogP contribution in [0.4, 0.5) is 0 Å². The first-order chi connectivity index (χ1) is 7.47. The molecule has 0 saturated carbocycles. The Morgan fingerprint density at radius 3 is 2.35 bits per heavy atom. The predicted octanol–water partition coefficient (Wildman–Crippen LogP) is 0.907. The van der Waals surface area contributed by atoms with E-state index >= 15 is 0 Å². The topological polar surface area (TPSA) is 47.8 Å². The van der Waals surface area contributed by atoms with Crippen LogP contribution in [0.5, 0.6) is 0 Å². The summed E-state index contributed by atoms with van der Waals surface area (Å²) >= 11 is 0. The van der Waals surface area contributed by atoms with Gasteiger partial charge in [-0.3, -0.25) is 0 Å². The third-order valence-electron chi connectivity index (χ3n) is 1.79. The Labute approximate surface area is 108 Å². The van der Waals surface area contributed by atoms with Gasteiger partial charge in [0, 0.05) is 5.90 Å². The van der Waals surface area contributed by atoms with E-state index in [2.05, 4.69) is 10.2 Å². The number of rotatable bonds is 4. The lowest BCUT2D eigenvalue weighted by atomic mass is 10.2. The average Bonchev–Trinajstić information content (AvgIpc) is 2.16. The van der Waals surface area contributed by atoms with E-state index in [4.69, 9.17) is 0 Å². The second-order valence-corrected chi connectivity index (χ2v) is 4.60. The quantitative estimate of drug-likeness (QED) is 0.341. The van der Waals surface area contributed by atoms with Gasteiger partial charge in [0.15, 0.2) is 0 Å². The summed E-state index contributed by atoms with van der Waals surface area (Å²) in [6.45, 7) is 0.353. The maximum Gasteiger partial charge on any atom is 0.109 e. The van der Waals surface area contributed by atoms with Gasteiger partial charge in [-0.25, -0.2) is 0 Å². The van der Waals surface area contributed by atoms with Crippen molar-refractivity contribution in [3.05, 3.63) is 35.9 Å². The van der Waals surface area contributed by atoms with Gasteiger partial charge in [-0.05, 0) is 5.56 Å². The van der Waals surface area contributed by atoms with E-state index in [9.17, 15) is 5.11 Å². The number of nitrogens with zero attached hydrogens (tertiary/aromatic N) is 3.